The first-order chi connectivity index (χ1) is 9.27. The molecule has 20 heavy (non-hydrogen) atoms. The Kier molecular flexibility index (Phi) is 3.99. The number of nitrogens with two attached hydrogens (primary N) is 1. The molecule has 106 valence electrons. The third kappa shape index (κ3) is 3.28. The molecule has 0 saturated carbocycles. The van der Waals surface area contributed by atoms with E-state index in [0.29, 0.717) is 4.90 Å². The van der Waals surface area contributed by atoms with Gasteiger partial charge in [-0.2, -0.15) is 13.2 Å². The second-order valence-corrected chi connectivity index (χ2v) is 5.73. The molecule has 2 aromatic carbocycles. The lowest BCUT2D eigenvalue weighted by Gasteiger charge is -2.12. The van der Waals surface area contributed by atoms with Gasteiger partial charge in [-0.05, 0) is 43.7 Å². The van der Waals surface area contributed by atoms with Crippen LogP contribution in [0.1, 0.15) is 16.7 Å². The molecule has 0 heterocycles. The molecule has 5 heteroatoms. The number of aryl methyl sites for hydroxylation is 2. The lowest BCUT2D eigenvalue weighted by molar-refractivity contribution is -0.137. The quantitative estimate of drug-likeness (QED) is 0.784. The van der Waals surface area contributed by atoms with E-state index in [9.17, 15) is 13.2 Å². The van der Waals surface area contributed by atoms with Gasteiger partial charge in [0.15, 0.2) is 0 Å². The zero-order valence-electron chi connectivity index (χ0n) is 11.1. The lowest BCUT2D eigenvalue weighted by atomic mass is 10.2. The number of benzene rings is 2. The summed E-state index contributed by atoms with van der Waals surface area (Å²) in [5, 5.41) is 0. The molecule has 0 aliphatic carbocycles. The fourth-order valence-corrected chi connectivity index (χ4v) is 2.81. The van der Waals surface area contributed by atoms with E-state index in [1.165, 1.54) is 17.8 Å². The van der Waals surface area contributed by atoms with Crippen molar-refractivity contribution >= 4 is 17.4 Å². The largest absolute Gasteiger partial charge is 0.418 e. The molecule has 0 bridgehead atoms. The van der Waals surface area contributed by atoms with Gasteiger partial charge in [-0.3, -0.25) is 0 Å². The summed E-state index contributed by atoms with van der Waals surface area (Å²) in [7, 11) is 0. The molecule has 0 spiro atoms. The van der Waals surface area contributed by atoms with Crippen molar-refractivity contribution in [3.63, 3.8) is 0 Å². The van der Waals surface area contributed by atoms with Crippen molar-refractivity contribution in [3.8, 4) is 0 Å². The summed E-state index contributed by atoms with van der Waals surface area (Å²) in [5.74, 6) is 0. The number of anilines is 1. The van der Waals surface area contributed by atoms with Crippen molar-refractivity contribution < 1.29 is 13.2 Å². The molecule has 0 aromatic heterocycles. The number of hydrogen-bond acceptors (Lipinski definition) is 2. The maximum Gasteiger partial charge on any atom is 0.418 e. The second-order valence-electron chi connectivity index (χ2n) is 4.62. The molecule has 0 amide bonds. The van der Waals surface area contributed by atoms with Gasteiger partial charge in [0.1, 0.15) is 0 Å². The lowest BCUT2D eigenvalue weighted by Crippen LogP contribution is -2.08. The number of alkyl halides is 3. The van der Waals surface area contributed by atoms with Crippen LogP contribution in [0.5, 0.6) is 0 Å². The summed E-state index contributed by atoms with van der Waals surface area (Å²) in [5.41, 5.74) is 6.52. The molecule has 0 atom stereocenters. The Hall–Kier alpha value is -1.62. The minimum Gasteiger partial charge on any atom is -0.398 e. The maximum absolute atomic E-state index is 12.8. The van der Waals surface area contributed by atoms with Gasteiger partial charge in [-0.1, -0.05) is 29.5 Å². The van der Waals surface area contributed by atoms with Crippen LogP contribution < -0.4 is 5.73 Å². The highest BCUT2D eigenvalue weighted by molar-refractivity contribution is 7.99. The monoisotopic (exact) mass is 297 g/mol. The molecule has 1 nitrogen and oxygen atoms in total. The van der Waals surface area contributed by atoms with Crippen molar-refractivity contribution in [3.05, 3.63) is 53.1 Å². The van der Waals surface area contributed by atoms with E-state index in [2.05, 4.69) is 0 Å². The molecule has 2 rings (SSSR count). The predicted molar refractivity (Wildman–Crippen MR) is 75.9 cm³/mol. The van der Waals surface area contributed by atoms with E-state index in [1.807, 2.05) is 32.0 Å². The molecule has 0 unspecified atom stereocenters. The smallest absolute Gasteiger partial charge is 0.398 e. The number of nitrogen functional groups attached to an aromatic ring is 1. The Morgan fingerprint density at radius 2 is 1.70 bits per heavy atom. The summed E-state index contributed by atoms with van der Waals surface area (Å²) in [6.45, 7) is 3.92. The van der Waals surface area contributed by atoms with E-state index >= 15 is 0 Å². The highest BCUT2D eigenvalue weighted by atomic mass is 32.2. The average molecular weight is 297 g/mol. The van der Waals surface area contributed by atoms with Crippen molar-refractivity contribution in [2.45, 2.75) is 29.8 Å². The average Bonchev–Trinajstić information content (AvgIpc) is 2.33. The zero-order chi connectivity index (χ0) is 14.9. The zero-order valence-corrected chi connectivity index (χ0v) is 11.9. The van der Waals surface area contributed by atoms with E-state index in [4.69, 9.17) is 5.73 Å². The standard InChI is InChI=1S/C15H14F3NS/c1-9-3-6-14(10(2)7-9)20-11-4-5-13(19)12(8-11)15(16,17)18/h3-8H,19H2,1-2H3. The SMILES string of the molecule is Cc1ccc(Sc2ccc(N)c(C(F)(F)F)c2)c(C)c1. The van der Waals surface area contributed by atoms with Crippen LogP contribution in [0.3, 0.4) is 0 Å². The molecule has 0 aliphatic rings. The van der Waals surface area contributed by atoms with Crippen molar-refractivity contribution in [1.29, 1.82) is 0 Å². The van der Waals surface area contributed by atoms with Crippen LogP contribution in [0.15, 0.2) is 46.2 Å². The van der Waals surface area contributed by atoms with Crippen LogP contribution >= 0.6 is 11.8 Å². The van der Waals surface area contributed by atoms with Crippen LogP contribution in [-0.4, -0.2) is 0 Å². The van der Waals surface area contributed by atoms with Crippen molar-refractivity contribution in [2.75, 3.05) is 5.73 Å². The highest BCUT2D eigenvalue weighted by Gasteiger charge is 2.33. The minimum absolute atomic E-state index is 0.248. The fourth-order valence-electron chi connectivity index (χ4n) is 1.89. The van der Waals surface area contributed by atoms with Gasteiger partial charge in [0.05, 0.1) is 5.56 Å². The van der Waals surface area contributed by atoms with Crippen molar-refractivity contribution in [2.24, 2.45) is 0 Å². The molecule has 0 saturated heterocycles. The van der Waals surface area contributed by atoms with Gasteiger partial charge in [-0.25, -0.2) is 0 Å². The van der Waals surface area contributed by atoms with Crippen LogP contribution in [0.2, 0.25) is 0 Å². The Bertz CT molecular complexity index is 636. The third-order valence-corrected chi connectivity index (χ3v) is 4.06. The first-order valence-electron chi connectivity index (χ1n) is 5.99. The maximum atomic E-state index is 12.8. The molecular formula is C15H14F3NS. The highest BCUT2D eigenvalue weighted by Crippen LogP contribution is 2.38. The molecule has 2 aromatic rings. The van der Waals surface area contributed by atoms with Gasteiger partial charge < -0.3 is 5.73 Å². The van der Waals surface area contributed by atoms with Crippen LogP contribution in [-0.2, 0) is 6.18 Å². The van der Waals surface area contributed by atoms with Gasteiger partial charge in [0.2, 0.25) is 0 Å². The summed E-state index contributed by atoms with van der Waals surface area (Å²) in [6, 6.07) is 9.86. The number of hydrogen-bond donors (Lipinski definition) is 1. The van der Waals surface area contributed by atoms with Crippen LogP contribution in [0.4, 0.5) is 18.9 Å². The third-order valence-electron chi connectivity index (χ3n) is 2.89. The molecule has 2 N–H and O–H groups in total. The molecule has 0 fully saturated rings. The Morgan fingerprint density at radius 1 is 1.00 bits per heavy atom. The normalized spacial score (nSPS) is 11.7. The van der Waals surface area contributed by atoms with Gasteiger partial charge >= 0.3 is 6.18 Å². The van der Waals surface area contributed by atoms with E-state index in [1.54, 1.807) is 6.07 Å². The minimum atomic E-state index is -4.43. The van der Waals surface area contributed by atoms with E-state index in [0.717, 1.165) is 22.1 Å². The summed E-state index contributed by atoms with van der Waals surface area (Å²) in [6.07, 6.45) is -4.43. The van der Waals surface area contributed by atoms with Crippen LogP contribution in [0.25, 0.3) is 0 Å². The predicted octanol–water partition coefficient (Wildman–Crippen LogP) is 5.06. The van der Waals surface area contributed by atoms with E-state index < -0.39 is 11.7 Å². The number of halogens is 3. The first-order valence-corrected chi connectivity index (χ1v) is 6.81. The van der Waals surface area contributed by atoms with Gasteiger partial charge in [-0.15, -0.1) is 0 Å². The fraction of sp³-hybridized carbons (Fsp3) is 0.200. The number of rotatable bonds is 2. The first kappa shape index (κ1) is 14.8. The molecule has 0 aliphatic heterocycles. The Balaban J connectivity index is 2.35. The van der Waals surface area contributed by atoms with E-state index in [-0.39, 0.29) is 5.69 Å². The van der Waals surface area contributed by atoms with Gasteiger partial charge in [0.25, 0.3) is 0 Å². The molecular weight excluding hydrogens is 283 g/mol. The van der Waals surface area contributed by atoms with Crippen LogP contribution in [0, 0.1) is 13.8 Å². The second kappa shape index (κ2) is 5.40. The summed E-state index contributed by atoms with van der Waals surface area (Å²) >= 11 is 1.31. The Labute approximate surface area is 120 Å². The Morgan fingerprint density at radius 3 is 2.30 bits per heavy atom. The summed E-state index contributed by atoms with van der Waals surface area (Å²) in [4.78, 5) is 1.46. The molecule has 0 radical (unpaired) electrons. The topological polar surface area (TPSA) is 26.0 Å². The summed E-state index contributed by atoms with van der Waals surface area (Å²) < 4.78 is 38.4. The van der Waals surface area contributed by atoms with Crippen molar-refractivity contribution in [1.82, 2.24) is 0 Å². The van der Waals surface area contributed by atoms with Gasteiger partial charge in [0, 0.05) is 15.5 Å².